The molecular formula is C10H11ClO3S. The topological polar surface area (TPSA) is 54.4 Å². The van der Waals surface area contributed by atoms with Crippen LogP contribution >= 0.6 is 11.6 Å². The van der Waals surface area contributed by atoms with Crippen LogP contribution in [0.5, 0.6) is 0 Å². The van der Waals surface area contributed by atoms with E-state index in [1.807, 2.05) is 0 Å². The van der Waals surface area contributed by atoms with Gasteiger partial charge in [-0.3, -0.25) is 4.79 Å². The van der Waals surface area contributed by atoms with Gasteiger partial charge in [0.15, 0.2) is 16.9 Å². The molecule has 15 heavy (non-hydrogen) atoms. The SMILES string of the molecule is CCC(=O)c1ccc(Cl)c(CS(=O)O)c1. The Morgan fingerprint density at radius 1 is 1.53 bits per heavy atom. The average molecular weight is 247 g/mol. The predicted octanol–water partition coefficient (Wildman–Crippen LogP) is 2.65. The Labute approximate surface area is 95.7 Å². The number of rotatable bonds is 4. The molecule has 0 saturated heterocycles. The zero-order chi connectivity index (χ0) is 11.4. The van der Waals surface area contributed by atoms with Crippen LogP contribution in [0.25, 0.3) is 0 Å². The van der Waals surface area contributed by atoms with E-state index in [9.17, 15) is 9.00 Å². The Morgan fingerprint density at radius 2 is 2.20 bits per heavy atom. The fourth-order valence-corrected chi connectivity index (χ4v) is 1.96. The molecule has 0 heterocycles. The van der Waals surface area contributed by atoms with Gasteiger partial charge in [0.25, 0.3) is 0 Å². The first-order valence-corrected chi connectivity index (χ1v) is 6.09. The van der Waals surface area contributed by atoms with E-state index >= 15 is 0 Å². The normalized spacial score (nSPS) is 12.5. The van der Waals surface area contributed by atoms with E-state index in [-0.39, 0.29) is 11.5 Å². The second-order valence-electron chi connectivity index (χ2n) is 3.05. The summed E-state index contributed by atoms with van der Waals surface area (Å²) in [5, 5.41) is 0.407. The summed E-state index contributed by atoms with van der Waals surface area (Å²) < 4.78 is 19.4. The van der Waals surface area contributed by atoms with Crippen molar-refractivity contribution in [3.8, 4) is 0 Å². The van der Waals surface area contributed by atoms with Crippen molar-refractivity contribution in [1.82, 2.24) is 0 Å². The van der Waals surface area contributed by atoms with Gasteiger partial charge in [-0.2, -0.15) is 0 Å². The molecule has 1 atom stereocenters. The molecule has 5 heteroatoms. The fraction of sp³-hybridized carbons (Fsp3) is 0.300. The molecule has 82 valence electrons. The zero-order valence-corrected chi connectivity index (χ0v) is 9.77. The van der Waals surface area contributed by atoms with Gasteiger partial charge in [0.05, 0.1) is 5.75 Å². The molecule has 0 aliphatic heterocycles. The van der Waals surface area contributed by atoms with Crippen molar-refractivity contribution in [1.29, 1.82) is 0 Å². The molecule has 0 aromatic heterocycles. The molecule has 1 N–H and O–H groups in total. The van der Waals surface area contributed by atoms with Crippen molar-refractivity contribution in [3.05, 3.63) is 34.3 Å². The summed E-state index contributed by atoms with van der Waals surface area (Å²) in [5.41, 5.74) is 1.05. The van der Waals surface area contributed by atoms with Crippen LogP contribution in [0.4, 0.5) is 0 Å². The number of Topliss-reactive ketones (excluding diaryl/α,β-unsaturated/α-hetero) is 1. The lowest BCUT2D eigenvalue weighted by Crippen LogP contribution is -2.00. The molecule has 1 aromatic carbocycles. The number of halogens is 1. The molecule has 0 fully saturated rings. The van der Waals surface area contributed by atoms with E-state index in [2.05, 4.69) is 0 Å². The number of hydrogen-bond acceptors (Lipinski definition) is 2. The molecule has 0 bridgehead atoms. The van der Waals surface area contributed by atoms with E-state index in [1.165, 1.54) is 0 Å². The zero-order valence-electron chi connectivity index (χ0n) is 8.20. The van der Waals surface area contributed by atoms with E-state index in [0.717, 1.165) is 0 Å². The highest BCUT2D eigenvalue weighted by atomic mass is 35.5. The van der Waals surface area contributed by atoms with Crippen molar-refractivity contribution < 1.29 is 13.6 Å². The Morgan fingerprint density at radius 3 is 2.73 bits per heavy atom. The van der Waals surface area contributed by atoms with Crippen molar-refractivity contribution in [2.45, 2.75) is 19.1 Å². The number of carbonyl (C=O) groups is 1. The standard InChI is InChI=1S/C10H11ClO3S/c1-2-10(12)7-3-4-9(11)8(5-7)6-15(13)14/h3-5H,2,6H2,1H3,(H,13,14). The highest BCUT2D eigenvalue weighted by Gasteiger charge is 2.08. The maximum absolute atomic E-state index is 11.4. The lowest BCUT2D eigenvalue weighted by atomic mass is 10.1. The van der Waals surface area contributed by atoms with E-state index in [4.69, 9.17) is 16.2 Å². The molecule has 1 unspecified atom stereocenters. The van der Waals surface area contributed by atoms with Crippen LogP contribution in [0.1, 0.15) is 29.3 Å². The third-order valence-corrected chi connectivity index (χ3v) is 2.89. The highest BCUT2D eigenvalue weighted by molar-refractivity contribution is 7.78. The lowest BCUT2D eigenvalue weighted by molar-refractivity contribution is 0.0988. The summed E-state index contributed by atoms with van der Waals surface area (Å²) in [7, 11) is 0. The first-order valence-electron chi connectivity index (χ1n) is 4.43. The van der Waals surface area contributed by atoms with Gasteiger partial charge in [-0.1, -0.05) is 18.5 Å². The number of hydrogen-bond donors (Lipinski definition) is 1. The van der Waals surface area contributed by atoms with Crippen LogP contribution in [-0.4, -0.2) is 14.5 Å². The van der Waals surface area contributed by atoms with Crippen molar-refractivity contribution in [2.75, 3.05) is 0 Å². The molecule has 0 saturated carbocycles. The summed E-state index contributed by atoms with van der Waals surface area (Å²) in [5.74, 6) is -0.0550. The predicted molar refractivity (Wildman–Crippen MR) is 60.5 cm³/mol. The number of benzene rings is 1. The lowest BCUT2D eigenvalue weighted by Gasteiger charge is -2.04. The van der Waals surface area contributed by atoms with E-state index < -0.39 is 11.1 Å². The first kappa shape index (κ1) is 12.4. The molecule has 3 nitrogen and oxygen atoms in total. The van der Waals surface area contributed by atoms with Gasteiger partial charge < -0.3 is 4.55 Å². The Bertz CT molecular complexity index is 404. The van der Waals surface area contributed by atoms with Crippen molar-refractivity contribution in [3.63, 3.8) is 0 Å². The van der Waals surface area contributed by atoms with Gasteiger partial charge in [0.1, 0.15) is 0 Å². The minimum atomic E-state index is -1.95. The van der Waals surface area contributed by atoms with Gasteiger partial charge in [-0.05, 0) is 23.8 Å². The second-order valence-corrected chi connectivity index (χ2v) is 4.39. The van der Waals surface area contributed by atoms with Gasteiger partial charge >= 0.3 is 0 Å². The van der Waals surface area contributed by atoms with E-state index in [1.54, 1.807) is 25.1 Å². The van der Waals surface area contributed by atoms with Crippen LogP contribution in [0, 0.1) is 0 Å². The molecule has 1 rings (SSSR count). The molecule has 0 aliphatic rings. The van der Waals surface area contributed by atoms with Gasteiger partial charge in [0, 0.05) is 17.0 Å². The van der Waals surface area contributed by atoms with Gasteiger partial charge in [-0.25, -0.2) is 4.21 Å². The summed E-state index contributed by atoms with van der Waals surface area (Å²) in [6.07, 6.45) is 0.406. The van der Waals surface area contributed by atoms with Crippen LogP contribution < -0.4 is 0 Å². The fourth-order valence-electron chi connectivity index (χ4n) is 1.20. The second kappa shape index (κ2) is 5.39. The summed E-state index contributed by atoms with van der Waals surface area (Å²) in [4.78, 5) is 11.4. The minimum absolute atomic E-state index is 0.00311. The number of carbonyl (C=O) groups excluding carboxylic acids is 1. The van der Waals surface area contributed by atoms with E-state index in [0.29, 0.717) is 22.6 Å². The number of ketones is 1. The Kier molecular flexibility index (Phi) is 4.45. The maximum atomic E-state index is 11.4. The van der Waals surface area contributed by atoms with Crippen molar-refractivity contribution in [2.24, 2.45) is 0 Å². The molecule has 0 spiro atoms. The average Bonchev–Trinajstić information content (AvgIpc) is 2.19. The minimum Gasteiger partial charge on any atom is -0.306 e. The molecule has 0 amide bonds. The molecule has 0 radical (unpaired) electrons. The van der Waals surface area contributed by atoms with Crippen LogP contribution in [0.15, 0.2) is 18.2 Å². The Hall–Kier alpha value is -0.710. The third kappa shape index (κ3) is 3.41. The van der Waals surface area contributed by atoms with Crippen LogP contribution in [0.2, 0.25) is 5.02 Å². The molecular weight excluding hydrogens is 236 g/mol. The Balaban J connectivity index is 3.05. The van der Waals surface area contributed by atoms with Crippen LogP contribution in [-0.2, 0) is 16.8 Å². The monoisotopic (exact) mass is 246 g/mol. The summed E-state index contributed by atoms with van der Waals surface area (Å²) in [6, 6.07) is 4.77. The summed E-state index contributed by atoms with van der Waals surface area (Å²) >= 11 is 3.89. The van der Waals surface area contributed by atoms with Crippen molar-refractivity contribution >= 4 is 28.5 Å². The molecule has 1 aromatic rings. The molecule has 0 aliphatic carbocycles. The first-order chi connectivity index (χ1) is 7.04. The van der Waals surface area contributed by atoms with Gasteiger partial charge in [-0.15, -0.1) is 0 Å². The van der Waals surface area contributed by atoms with Crippen LogP contribution in [0.3, 0.4) is 0 Å². The third-order valence-electron chi connectivity index (χ3n) is 1.97. The smallest absolute Gasteiger partial charge is 0.162 e. The summed E-state index contributed by atoms with van der Waals surface area (Å²) in [6.45, 7) is 1.76. The van der Waals surface area contributed by atoms with Gasteiger partial charge in [0.2, 0.25) is 0 Å². The highest BCUT2D eigenvalue weighted by Crippen LogP contribution is 2.19. The quantitative estimate of drug-likeness (QED) is 0.656. The largest absolute Gasteiger partial charge is 0.306 e. The maximum Gasteiger partial charge on any atom is 0.162 e.